The average Bonchev–Trinajstić information content (AvgIpc) is 3.54. The zero-order valence-corrected chi connectivity index (χ0v) is 31.9. The molecule has 0 N–H and O–H groups in total. The van der Waals surface area contributed by atoms with Gasteiger partial charge in [-0.05, 0) is 91.7 Å². The first-order valence-corrected chi connectivity index (χ1v) is 19.5. The van der Waals surface area contributed by atoms with E-state index in [1.807, 2.05) is 102 Å². The first-order valence-electron chi connectivity index (χ1n) is 16.8. The Kier molecular flexibility index (Phi) is 13.3. The smallest absolute Gasteiger partial charge is 0.175 e. The molecule has 0 bridgehead atoms. The monoisotopic (exact) mass is 767 g/mol. The Bertz CT molecular complexity index is 2300. The van der Waals surface area contributed by atoms with E-state index in [0.29, 0.717) is 40.3 Å². The summed E-state index contributed by atoms with van der Waals surface area (Å²) in [5.41, 5.74) is 5.93. The van der Waals surface area contributed by atoms with Gasteiger partial charge in [0.2, 0.25) is 0 Å². The molecule has 6 aromatic rings. The summed E-state index contributed by atoms with van der Waals surface area (Å²) in [6, 6.07) is 41.0. The van der Waals surface area contributed by atoms with Crippen LogP contribution < -0.4 is 9.47 Å². The average molecular weight is 769 g/mol. The Labute approximate surface area is 320 Å². The van der Waals surface area contributed by atoms with Crippen molar-refractivity contribution in [3.8, 4) is 28.4 Å². The highest BCUT2D eigenvalue weighted by Gasteiger charge is 2.17. The maximum Gasteiger partial charge on any atom is 0.175 e. The molecule has 0 fully saturated rings. The number of halogens is 2. The quantitative estimate of drug-likeness (QED) is 0.109. The highest BCUT2D eigenvalue weighted by Crippen LogP contribution is 2.36. The molecule has 0 aliphatic rings. The number of carbonyl (C=O) groups is 2. The molecule has 0 amide bonds. The molecular weight excluding hydrogens is 729 g/mol. The number of benzene rings is 5. The summed E-state index contributed by atoms with van der Waals surface area (Å²) in [5, 5.41) is 1.07. The van der Waals surface area contributed by atoms with Gasteiger partial charge in [0.1, 0.15) is 30.5 Å². The summed E-state index contributed by atoms with van der Waals surface area (Å²) in [6.07, 6.45) is 1.60. The Hall–Kier alpha value is -5.15. The molecule has 0 unspecified atom stereocenters. The number of Topliss-reactive ketones (excluding diaryl/α,β-unsaturated/α-hetero) is 2. The molecule has 1 aromatic heterocycles. The van der Waals surface area contributed by atoms with Gasteiger partial charge in [-0.15, -0.1) is 0 Å². The van der Waals surface area contributed by atoms with Crippen LogP contribution in [0.3, 0.4) is 0 Å². The second-order valence-electron chi connectivity index (χ2n) is 12.4. The first kappa shape index (κ1) is 39.1. The van der Waals surface area contributed by atoms with Crippen LogP contribution >= 0.6 is 23.2 Å². The maximum atomic E-state index is 12.2. The second kappa shape index (κ2) is 18.1. The van der Waals surface area contributed by atoms with Crippen molar-refractivity contribution in [3.63, 3.8) is 0 Å². The number of ether oxygens (including phenoxy) is 2. The molecule has 0 aliphatic carbocycles. The van der Waals surface area contributed by atoms with Crippen LogP contribution in [0.5, 0.6) is 11.5 Å². The van der Waals surface area contributed by atoms with Gasteiger partial charge in [0, 0.05) is 46.1 Å². The van der Waals surface area contributed by atoms with E-state index < -0.39 is 9.84 Å². The van der Waals surface area contributed by atoms with Crippen molar-refractivity contribution in [2.75, 3.05) is 6.26 Å². The van der Waals surface area contributed by atoms with Gasteiger partial charge in [0.15, 0.2) is 15.6 Å². The van der Waals surface area contributed by atoms with Crippen LogP contribution in [0.2, 0.25) is 10.0 Å². The summed E-state index contributed by atoms with van der Waals surface area (Å²) in [4.78, 5) is 23.5. The van der Waals surface area contributed by atoms with Gasteiger partial charge >= 0.3 is 0 Å². The van der Waals surface area contributed by atoms with E-state index in [1.54, 1.807) is 42.5 Å². The van der Waals surface area contributed by atoms with E-state index in [4.69, 9.17) is 32.7 Å². The zero-order chi connectivity index (χ0) is 38.0. The Morgan fingerprint density at radius 1 is 0.660 bits per heavy atom. The third kappa shape index (κ3) is 10.9. The molecule has 6 rings (SSSR count). The lowest BCUT2D eigenvalue weighted by Gasteiger charge is -2.17. The number of carbonyl (C=O) groups excluding carboxylic acids is 2. The number of sulfone groups is 1. The molecule has 5 aromatic carbocycles. The van der Waals surface area contributed by atoms with Crippen molar-refractivity contribution in [1.82, 2.24) is 4.57 Å². The third-order valence-electron chi connectivity index (χ3n) is 8.22. The lowest BCUT2D eigenvalue weighted by molar-refractivity contribution is -0.117. The number of aromatic nitrogens is 1. The van der Waals surface area contributed by atoms with Crippen LogP contribution in [-0.2, 0) is 27.8 Å². The fraction of sp³-hybridized carbons (Fsp3) is 0.163. The van der Waals surface area contributed by atoms with Crippen molar-refractivity contribution in [1.29, 1.82) is 0 Å². The summed E-state index contributed by atoms with van der Waals surface area (Å²) < 4.78 is 38.0. The van der Waals surface area contributed by atoms with Crippen LogP contribution in [0.4, 0.5) is 0 Å². The number of nitrogens with zero attached hydrogens (tertiary/aromatic N) is 1. The lowest BCUT2D eigenvalue weighted by Crippen LogP contribution is -2.06. The molecular formula is C43H39Cl2NO6S. The maximum absolute atomic E-state index is 12.2. The lowest BCUT2D eigenvalue weighted by atomic mass is 10.0. The first-order chi connectivity index (χ1) is 25.4. The van der Waals surface area contributed by atoms with Crippen LogP contribution in [0.15, 0.2) is 138 Å². The Balaban J connectivity index is 0.000000217. The van der Waals surface area contributed by atoms with Crippen LogP contribution in [0.25, 0.3) is 16.9 Å². The largest absolute Gasteiger partial charge is 0.488 e. The molecule has 0 spiro atoms. The van der Waals surface area contributed by atoms with Crippen molar-refractivity contribution < 1.29 is 27.5 Å². The highest BCUT2D eigenvalue weighted by atomic mass is 35.5. The van der Waals surface area contributed by atoms with E-state index in [-0.39, 0.29) is 29.3 Å². The van der Waals surface area contributed by atoms with Gasteiger partial charge < -0.3 is 18.8 Å². The fourth-order valence-corrected chi connectivity index (χ4v) is 6.52. The van der Waals surface area contributed by atoms with E-state index in [9.17, 15) is 18.0 Å². The Morgan fingerprint density at radius 2 is 1.25 bits per heavy atom. The predicted octanol–water partition coefficient (Wildman–Crippen LogP) is 10.6. The molecule has 0 aliphatic heterocycles. The van der Waals surface area contributed by atoms with E-state index in [1.165, 1.54) is 13.2 Å². The van der Waals surface area contributed by atoms with Crippen LogP contribution in [0, 0.1) is 6.92 Å². The molecule has 10 heteroatoms. The Morgan fingerprint density at radius 3 is 1.85 bits per heavy atom. The van der Waals surface area contributed by atoms with Crippen LogP contribution in [0.1, 0.15) is 46.9 Å². The summed E-state index contributed by atoms with van der Waals surface area (Å²) in [7, 11) is -3.32. The summed E-state index contributed by atoms with van der Waals surface area (Å²) >= 11 is 12.3. The number of hydrogen-bond acceptors (Lipinski definition) is 6. The topological polar surface area (TPSA) is 91.7 Å². The van der Waals surface area contributed by atoms with Gasteiger partial charge in [0.05, 0.1) is 16.2 Å². The molecule has 53 heavy (non-hydrogen) atoms. The molecule has 0 saturated carbocycles. The van der Waals surface area contributed by atoms with Gasteiger partial charge in [-0.3, -0.25) is 4.79 Å². The molecule has 1 heterocycles. The van der Waals surface area contributed by atoms with Crippen LogP contribution in [-0.4, -0.2) is 30.8 Å². The number of hydrogen-bond donors (Lipinski definition) is 0. The molecule has 272 valence electrons. The van der Waals surface area contributed by atoms with E-state index in [2.05, 4.69) is 0 Å². The van der Waals surface area contributed by atoms with Crippen molar-refractivity contribution in [2.24, 2.45) is 0 Å². The minimum Gasteiger partial charge on any atom is -0.488 e. The fourth-order valence-electron chi connectivity index (χ4n) is 5.51. The molecule has 7 nitrogen and oxygen atoms in total. The minimum atomic E-state index is -3.32. The molecule has 0 radical (unpaired) electrons. The number of ketones is 2. The van der Waals surface area contributed by atoms with Crippen molar-refractivity contribution >= 4 is 44.6 Å². The van der Waals surface area contributed by atoms with Gasteiger partial charge in [-0.2, -0.15) is 0 Å². The normalized spacial score (nSPS) is 11.0. The SMILES string of the molecule is CC(=O)CCC(=O)c1cc(Cl)ccc1OCc1ccccc1.Cc1ccc(-c2cc(Cl)ccc2OCc2ccccc2)n1-c1cccc(S(C)(=O)=O)c1. The molecule has 0 atom stereocenters. The second-order valence-corrected chi connectivity index (χ2v) is 15.3. The number of aryl methyl sites for hydroxylation is 1. The van der Waals surface area contributed by atoms with Gasteiger partial charge in [0.25, 0.3) is 0 Å². The minimum absolute atomic E-state index is 0.0119. The van der Waals surface area contributed by atoms with Gasteiger partial charge in [-0.25, -0.2) is 8.42 Å². The van der Waals surface area contributed by atoms with E-state index in [0.717, 1.165) is 33.8 Å². The zero-order valence-electron chi connectivity index (χ0n) is 29.6. The van der Waals surface area contributed by atoms with Crippen molar-refractivity contribution in [3.05, 3.63) is 166 Å². The van der Waals surface area contributed by atoms with Crippen molar-refractivity contribution in [2.45, 2.75) is 44.8 Å². The standard InChI is InChI=1S/C25H22ClNO3S.C18H17ClO3/c1-18-11-13-24(27(18)21-9-6-10-22(16-21)31(2,28)29)23-15-20(26)12-14-25(23)30-17-19-7-4-3-5-8-19;1-13(20)7-9-17(21)16-11-15(19)8-10-18(16)22-12-14-5-3-2-4-6-14/h3-16H,17H2,1-2H3;2-6,8,10-11H,7,9,12H2,1H3. The third-order valence-corrected chi connectivity index (χ3v) is 9.80. The summed E-state index contributed by atoms with van der Waals surface area (Å²) in [5.74, 6) is 1.04. The van der Waals surface area contributed by atoms with E-state index >= 15 is 0 Å². The number of rotatable bonds is 13. The highest BCUT2D eigenvalue weighted by molar-refractivity contribution is 7.90. The summed E-state index contributed by atoms with van der Waals surface area (Å²) in [6.45, 7) is 4.25. The van der Waals surface area contributed by atoms with Gasteiger partial charge in [-0.1, -0.05) is 89.9 Å². The predicted molar refractivity (Wildman–Crippen MR) is 211 cm³/mol. The molecule has 0 saturated heterocycles.